The van der Waals surface area contributed by atoms with Crippen LogP contribution >= 0.6 is 0 Å². The van der Waals surface area contributed by atoms with E-state index in [4.69, 9.17) is 5.11 Å². The fourth-order valence-corrected chi connectivity index (χ4v) is 1.57. The number of hydrogen-bond acceptors (Lipinski definition) is 3. The van der Waals surface area contributed by atoms with Gasteiger partial charge in [-0.05, 0) is 24.3 Å². The Kier molecular flexibility index (Phi) is 3.69. The van der Waals surface area contributed by atoms with Crippen LogP contribution in [0.5, 0.6) is 0 Å². The predicted molar refractivity (Wildman–Crippen MR) is 65.5 cm³/mol. The molecule has 0 aliphatic heterocycles. The van der Waals surface area contributed by atoms with E-state index in [0.29, 0.717) is 0 Å². The second-order valence-corrected chi connectivity index (χ2v) is 3.77. The van der Waals surface area contributed by atoms with Gasteiger partial charge >= 0.3 is 5.97 Å². The topological polar surface area (TPSA) is 79.3 Å². The molecule has 1 aromatic heterocycles. The summed E-state index contributed by atoms with van der Waals surface area (Å²) >= 11 is 0. The molecule has 1 aromatic carbocycles. The molecule has 1 heterocycles. The minimum absolute atomic E-state index is 0.228. The first-order chi connectivity index (χ1) is 9.49. The van der Waals surface area contributed by atoms with Gasteiger partial charge in [-0.15, -0.1) is 0 Å². The largest absolute Gasteiger partial charge is 0.478 e. The minimum atomic E-state index is -1.52. The average molecular weight is 278 g/mol. The molecule has 102 valence electrons. The molecule has 20 heavy (non-hydrogen) atoms. The molecule has 0 aliphatic rings. The van der Waals surface area contributed by atoms with Crippen LogP contribution in [0.1, 0.15) is 20.8 Å². The highest BCUT2D eigenvalue weighted by Crippen LogP contribution is 2.19. The van der Waals surface area contributed by atoms with Crippen molar-refractivity contribution in [1.29, 1.82) is 0 Å². The van der Waals surface area contributed by atoms with Gasteiger partial charge in [0.25, 0.3) is 5.91 Å². The number of carboxylic acid groups (broad SMARTS) is 1. The van der Waals surface area contributed by atoms with Crippen LogP contribution < -0.4 is 5.32 Å². The molecule has 0 aliphatic carbocycles. The van der Waals surface area contributed by atoms with Crippen molar-refractivity contribution >= 4 is 17.6 Å². The first kappa shape index (κ1) is 13.6. The molecule has 2 rings (SSSR count). The Hall–Kier alpha value is -2.83. The highest BCUT2D eigenvalue weighted by Gasteiger charge is 2.18. The lowest BCUT2D eigenvalue weighted by Gasteiger charge is -2.08. The number of hydrogen-bond donors (Lipinski definition) is 2. The van der Waals surface area contributed by atoms with E-state index in [0.717, 1.165) is 12.1 Å². The molecule has 1 amide bonds. The number of halogens is 2. The lowest BCUT2D eigenvalue weighted by Crippen LogP contribution is -2.17. The van der Waals surface area contributed by atoms with Crippen LogP contribution in [0, 0.1) is 11.8 Å². The van der Waals surface area contributed by atoms with Gasteiger partial charge in [0.2, 0.25) is 5.95 Å². The van der Waals surface area contributed by atoms with Crippen LogP contribution in [-0.4, -0.2) is 22.0 Å². The molecule has 7 heteroatoms. The fourth-order valence-electron chi connectivity index (χ4n) is 1.57. The van der Waals surface area contributed by atoms with Crippen LogP contribution in [0.25, 0.3) is 0 Å². The number of carboxylic acids is 1. The third-order valence-electron chi connectivity index (χ3n) is 2.42. The first-order valence-electron chi connectivity index (χ1n) is 5.45. The summed E-state index contributed by atoms with van der Waals surface area (Å²) in [6.45, 7) is 0. The van der Waals surface area contributed by atoms with E-state index in [-0.39, 0.29) is 11.4 Å². The summed E-state index contributed by atoms with van der Waals surface area (Å²) in [5, 5.41) is 11.1. The molecule has 0 spiro atoms. The lowest BCUT2D eigenvalue weighted by molar-refractivity contribution is 0.0693. The Morgan fingerprint density at radius 1 is 1.10 bits per heavy atom. The summed E-state index contributed by atoms with van der Waals surface area (Å²) < 4.78 is 26.3. The molecule has 0 fully saturated rings. The van der Waals surface area contributed by atoms with Gasteiger partial charge in [-0.1, -0.05) is 12.1 Å². The van der Waals surface area contributed by atoms with E-state index >= 15 is 0 Å². The summed E-state index contributed by atoms with van der Waals surface area (Å²) in [6.07, 6.45) is 0. The summed E-state index contributed by atoms with van der Waals surface area (Å²) in [7, 11) is 0. The molecule has 2 N–H and O–H groups in total. The van der Waals surface area contributed by atoms with Crippen LogP contribution in [0.2, 0.25) is 0 Å². The molecule has 0 unspecified atom stereocenters. The Labute approximate surface area is 111 Å². The molecule has 0 radical (unpaired) electrons. The zero-order valence-corrected chi connectivity index (χ0v) is 9.93. The molecular weight excluding hydrogens is 270 g/mol. The number of amides is 1. The minimum Gasteiger partial charge on any atom is -0.478 e. The number of nitrogens with zero attached hydrogens (tertiary/aromatic N) is 1. The van der Waals surface area contributed by atoms with Gasteiger partial charge in [0.15, 0.2) is 0 Å². The molecule has 0 bridgehead atoms. The number of rotatable bonds is 3. The van der Waals surface area contributed by atoms with Gasteiger partial charge in [-0.25, -0.2) is 14.2 Å². The van der Waals surface area contributed by atoms with Crippen molar-refractivity contribution in [1.82, 2.24) is 4.98 Å². The van der Waals surface area contributed by atoms with Crippen LogP contribution in [0.15, 0.2) is 36.4 Å². The van der Waals surface area contributed by atoms with Gasteiger partial charge in [-0.2, -0.15) is 4.39 Å². The highest BCUT2D eigenvalue weighted by atomic mass is 19.1. The first-order valence-corrected chi connectivity index (χ1v) is 5.45. The molecule has 5 nitrogen and oxygen atoms in total. The Balaban J connectivity index is 2.33. The van der Waals surface area contributed by atoms with Crippen molar-refractivity contribution in [3.8, 4) is 0 Å². The molecule has 0 saturated carbocycles. The number of anilines is 1. The van der Waals surface area contributed by atoms with E-state index in [2.05, 4.69) is 10.3 Å². The standard InChI is InChI=1S/C13H8F2N2O3/c14-7-3-1-4-8(11(7)13(19)20)17-12(18)9-5-2-6-10(15)16-9/h1-6H,(H,17,18)(H,19,20). The number of carbonyl (C=O) groups is 2. The maximum atomic E-state index is 13.4. The molecular formula is C13H8F2N2O3. The maximum Gasteiger partial charge on any atom is 0.340 e. The number of pyridine rings is 1. The van der Waals surface area contributed by atoms with Gasteiger partial charge in [0.1, 0.15) is 17.1 Å². The Morgan fingerprint density at radius 2 is 1.80 bits per heavy atom. The van der Waals surface area contributed by atoms with Crippen LogP contribution in [-0.2, 0) is 0 Å². The average Bonchev–Trinajstić information content (AvgIpc) is 2.38. The van der Waals surface area contributed by atoms with Gasteiger partial charge in [-0.3, -0.25) is 4.79 Å². The number of carbonyl (C=O) groups excluding carboxylic acids is 1. The Morgan fingerprint density at radius 3 is 2.45 bits per heavy atom. The highest BCUT2D eigenvalue weighted by molar-refractivity contribution is 6.06. The summed E-state index contributed by atoms with van der Waals surface area (Å²) in [6, 6.07) is 7.01. The second-order valence-electron chi connectivity index (χ2n) is 3.77. The van der Waals surface area contributed by atoms with Crippen LogP contribution in [0.4, 0.5) is 14.5 Å². The van der Waals surface area contributed by atoms with Crippen molar-refractivity contribution in [2.45, 2.75) is 0 Å². The smallest absolute Gasteiger partial charge is 0.340 e. The zero-order valence-electron chi connectivity index (χ0n) is 9.93. The summed E-state index contributed by atoms with van der Waals surface area (Å²) in [5.74, 6) is -4.19. The molecule has 2 aromatic rings. The third kappa shape index (κ3) is 2.77. The molecule has 0 atom stereocenters. The number of benzene rings is 1. The molecule has 0 saturated heterocycles. The monoisotopic (exact) mass is 278 g/mol. The number of nitrogens with one attached hydrogen (secondary N) is 1. The van der Waals surface area contributed by atoms with Crippen molar-refractivity contribution < 1.29 is 23.5 Å². The van der Waals surface area contributed by atoms with E-state index < -0.39 is 29.2 Å². The lowest BCUT2D eigenvalue weighted by atomic mass is 10.1. The van der Waals surface area contributed by atoms with Crippen molar-refractivity contribution in [2.75, 3.05) is 5.32 Å². The maximum absolute atomic E-state index is 13.4. The summed E-state index contributed by atoms with van der Waals surface area (Å²) in [5.41, 5.74) is -1.14. The predicted octanol–water partition coefficient (Wildman–Crippen LogP) is 2.31. The van der Waals surface area contributed by atoms with Crippen molar-refractivity contribution in [3.05, 3.63) is 59.4 Å². The fraction of sp³-hybridized carbons (Fsp3) is 0. The number of aromatic carboxylic acids is 1. The van der Waals surface area contributed by atoms with E-state index in [1.165, 1.54) is 24.3 Å². The zero-order chi connectivity index (χ0) is 14.7. The third-order valence-corrected chi connectivity index (χ3v) is 2.42. The van der Waals surface area contributed by atoms with Crippen LogP contribution in [0.3, 0.4) is 0 Å². The number of aromatic nitrogens is 1. The SMILES string of the molecule is O=C(Nc1cccc(F)c1C(=O)O)c1cccc(F)n1. The normalized spacial score (nSPS) is 10.1. The van der Waals surface area contributed by atoms with E-state index in [1.54, 1.807) is 0 Å². The van der Waals surface area contributed by atoms with Crippen molar-refractivity contribution in [3.63, 3.8) is 0 Å². The summed E-state index contributed by atoms with van der Waals surface area (Å²) in [4.78, 5) is 26.1. The van der Waals surface area contributed by atoms with E-state index in [1.807, 2.05) is 0 Å². The second kappa shape index (κ2) is 5.43. The van der Waals surface area contributed by atoms with Crippen molar-refractivity contribution in [2.24, 2.45) is 0 Å². The quantitative estimate of drug-likeness (QED) is 0.844. The Bertz CT molecular complexity index is 689. The van der Waals surface area contributed by atoms with Gasteiger partial charge in [0, 0.05) is 0 Å². The van der Waals surface area contributed by atoms with E-state index in [9.17, 15) is 18.4 Å². The van der Waals surface area contributed by atoms with Gasteiger partial charge in [0.05, 0.1) is 5.69 Å². The van der Waals surface area contributed by atoms with Gasteiger partial charge < -0.3 is 10.4 Å².